The Bertz CT molecular complexity index is 86.9. The molecule has 2 nitrogen and oxygen atoms in total. The van der Waals surface area contributed by atoms with Crippen molar-refractivity contribution < 1.29 is 0 Å². The summed E-state index contributed by atoms with van der Waals surface area (Å²) in [5.74, 6) is 0.669. The van der Waals surface area contributed by atoms with E-state index in [2.05, 4.69) is 31.1 Å². The number of nitrogens with one attached hydrogen (secondary N) is 1. The minimum Gasteiger partial charge on any atom is -0.374 e. The van der Waals surface area contributed by atoms with Gasteiger partial charge in [-0.3, -0.25) is 4.99 Å². The van der Waals surface area contributed by atoms with Crippen LogP contribution in [0.25, 0.3) is 0 Å². The lowest BCUT2D eigenvalue weighted by Crippen LogP contribution is -2.29. The van der Waals surface area contributed by atoms with Gasteiger partial charge in [-0.1, -0.05) is 13.8 Å². The van der Waals surface area contributed by atoms with Gasteiger partial charge in [0.2, 0.25) is 0 Å². The monoisotopic (exact) mass is 128 g/mol. The second kappa shape index (κ2) is 4.36. The van der Waals surface area contributed by atoms with E-state index in [0.29, 0.717) is 12.0 Å². The molecule has 0 aliphatic carbocycles. The Hall–Kier alpha value is -0.530. The zero-order valence-electron chi connectivity index (χ0n) is 6.68. The lowest BCUT2D eigenvalue weighted by atomic mass is 10.1. The normalized spacial score (nSPS) is 14.8. The van der Waals surface area contributed by atoms with E-state index >= 15 is 0 Å². The number of hydrogen-bond donors (Lipinski definition) is 1. The maximum atomic E-state index is 3.82. The average molecular weight is 128 g/mol. The number of nitrogens with zero attached hydrogens (tertiary/aromatic N) is 1. The third-order valence-corrected chi connectivity index (χ3v) is 1.47. The zero-order valence-corrected chi connectivity index (χ0v) is 6.68. The topological polar surface area (TPSA) is 24.4 Å². The molecule has 0 aromatic rings. The summed E-state index contributed by atoms with van der Waals surface area (Å²) in [6, 6.07) is 0.522. The lowest BCUT2D eigenvalue weighted by molar-refractivity contribution is 0.491. The molecule has 0 amide bonds. The molecule has 0 aliphatic rings. The van der Waals surface area contributed by atoms with Gasteiger partial charge in [-0.25, -0.2) is 0 Å². The van der Waals surface area contributed by atoms with E-state index in [1.807, 2.05) is 0 Å². The van der Waals surface area contributed by atoms with Gasteiger partial charge in [-0.05, 0) is 12.8 Å². The predicted molar refractivity (Wildman–Crippen MR) is 41.9 cm³/mol. The SMILES string of the molecule is CN=CN[C@@H](C)C(C)C. The fourth-order valence-corrected chi connectivity index (χ4v) is 0.385. The quantitative estimate of drug-likeness (QED) is 0.449. The number of hydrogen-bond acceptors (Lipinski definition) is 1. The molecule has 0 aromatic carbocycles. The van der Waals surface area contributed by atoms with Crippen LogP contribution in [0, 0.1) is 5.92 Å². The van der Waals surface area contributed by atoms with Crippen LogP contribution < -0.4 is 5.32 Å². The Balaban J connectivity index is 3.38. The molecule has 0 saturated carbocycles. The van der Waals surface area contributed by atoms with E-state index < -0.39 is 0 Å². The van der Waals surface area contributed by atoms with E-state index in [-0.39, 0.29) is 0 Å². The van der Waals surface area contributed by atoms with Crippen LogP contribution in [0.2, 0.25) is 0 Å². The summed E-state index contributed by atoms with van der Waals surface area (Å²) in [5.41, 5.74) is 0. The van der Waals surface area contributed by atoms with E-state index in [9.17, 15) is 0 Å². The van der Waals surface area contributed by atoms with Crippen LogP contribution in [0.1, 0.15) is 20.8 Å². The van der Waals surface area contributed by atoms with Crippen LogP contribution in [-0.2, 0) is 0 Å². The van der Waals surface area contributed by atoms with Crippen molar-refractivity contribution in [3.63, 3.8) is 0 Å². The van der Waals surface area contributed by atoms with Gasteiger partial charge in [0, 0.05) is 13.1 Å². The van der Waals surface area contributed by atoms with Crippen molar-refractivity contribution in [1.82, 2.24) is 5.32 Å². The van der Waals surface area contributed by atoms with Gasteiger partial charge < -0.3 is 5.32 Å². The van der Waals surface area contributed by atoms with Crippen molar-refractivity contribution in [3.05, 3.63) is 0 Å². The largest absolute Gasteiger partial charge is 0.374 e. The molecule has 0 radical (unpaired) electrons. The van der Waals surface area contributed by atoms with Gasteiger partial charge in [-0.15, -0.1) is 0 Å². The Morgan fingerprint density at radius 1 is 1.33 bits per heavy atom. The highest BCUT2D eigenvalue weighted by Gasteiger charge is 2.01. The minimum atomic E-state index is 0.522. The molecule has 0 saturated heterocycles. The first-order chi connectivity index (χ1) is 4.18. The summed E-state index contributed by atoms with van der Waals surface area (Å²) in [4.78, 5) is 3.82. The second-order valence-electron chi connectivity index (χ2n) is 2.59. The van der Waals surface area contributed by atoms with Crippen LogP contribution >= 0.6 is 0 Å². The van der Waals surface area contributed by atoms with Crippen molar-refractivity contribution in [2.45, 2.75) is 26.8 Å². The molecule has 0 unspecified atom stereocenters. The van der Waals surface area contributed by atoms with Crippen LogP contribution in [0.4, 0.5) is 0 Å². The first kappa shape index (κ1) is 8.47. The average Bonchev–Trinajstić information content (AvgIpc) is 1.82. The molecule has 2 heteroatoms. The Morgan fingerprint density at radius 2 is 1.89 bits per heavy atom. The standard InChI is InChI=1S/C7H16N2/c1-6(2)7(3)9-5-8-4/h5-7H,1-4H3,(H,8,9)/t7-/m0/s1. The summed E-state index contributed by atoms with van der Waals surface area (Å²) < 4.78 is 0. The van der Waals surface area contributed by atoms with E-state index in [0.717, 1.165) is 0 Å². The molecule has 0 rings (SSSR count). The van der Waals surface area contributed by atoms with Crippen molar-refractivity contribution in [2.24, 2.45) is 10.9 Å². The van der Waals surface area contributed by atoms with Crippen molar-refractivity contribution in [3.8, 4) is 0 Å². The molecule has 0 aromatic heterocycles. The molecule has 0 spiro atoms. The molecule has 1 atom stereocenters. The minimum absolute atomic E-state index is 0.522. The molecular weight excluding hydrogens is 112 g/mol. The molecule has 1 N–H and O–H groups in total. The van der Waals surface area contributed by atoms with E-state index in [1.165, 1.54) is 0 Å². The summed E-state index contributed by atoms with van der Waals surface area (Å²) in [5, 5.41) is 3.14. The van der Waals surface area contributed by atoms with Gasteiger partial charge in [0.1, 0.15) is 0 Å². The first-order valence-corrected chi connectivity index (χ1v) is 3.35. The number of aliphatic imine (C=N–C) groups is 1. The van der Waals surface area contributed by atoms with Crippen LogP contribution in [0.15, 0.2) is 4.99 Å². The van der Waals surface area contributed by atoms with Crippen LogP contribution in [0.3, 0.4) is 0 Å². The van der Waals surface area contributed by atoms with E-state index in [4.69, 9.17) is 0 Å². The van der Waals surface area contributed by atoms with Crippen molar-refractivity contribution in [1.29, 1.82) is 0 Å². The van der Waals surface area contributed by atoms with Crippen molar-refractivity contribution >= 4 is 6.34 Å². The smallest absolute Gasteiger partial charge is 0.0822 e. The molecule has 0 heterocycles. The summed E-state index contributed by atoms with van der Waals surface area (Å²) >= 11 is 0. The van der Waals surface area contributed by atoms with Crippen LogP contribution in [-0.4, -0.2) is 19.4 Å². The Kier molecular flexibility index (Phi) is 4.10. The Morgan fingerprint density at radius 3 is 2.22 bits per heavy atom. The molecule has 54 valence electrons. The third-order valence-electron chi connectivity index (χ3n) is 1.47. The van der Waals surface area contributed by atoms with Gasteiger partial charge in [-0.2, -0.15) is 0 Å². The highest BCUT2D eigenvalue weighted by atomic mass is 15.0. The van der Waals surface area contributed by atoms with Gasteiger partial charge in [0.25, 0.3) is 0 Å². The molecule has 9 heavy (non-hydrogen) atoms. The fraction of sp³-hybridized carbons (Fsp3) is 0.857. The Labute approximate surface area is 57.4 Å². The molecular formula is C7H16N2. The number of rotatable bonds is 3. The van der Waals surface area contributed by atoms with Gasteiger partial charge >= 0.3 is 0 Å². The van der Waals surface area contributed by atoms with Gasteiger partial charge in [0.15, 0.2) is 0 Å². The summed E-state index contributed by atoms with van der Waals surface area (Å²) in [7, 11) is 1.76. The zero-order chi connectivity index (χ0) is 7.28. The van der Waals surface area contributed by atoms with Gasteiger partial charge in [0.05, 0.1) is 6.34 Å². The maximum absolute atomic E-state index is 3.82. The second-order valence-corrected chi connectivity index (χ2v) is 2.59. The van der Waals surface area contributed by atoms with Crippen LogP contribution in [0.5, 0.6) is 0 Å². The maximum Gasteiger partial charge on any atom is 0.0822 e. The lowest BCUT2D eigenvalue weighted by Gasteiger charge is -2.14. The predicted octanol–water partition coefficient (Wildman–Crippen LogP) is 1.28. The molecule has 0 bridgehead atoms. The summed E-state index contributed by atoms with van der Waals surface area (Å²) in [6.07, 6.45) is 1.74. The highest BCUT2D eigenvalue weighted by Crippen LogP contribution is 1.97. The van der Waals surface area contributed by atoms with Crippen molar-refractivity contribution in [2.75, 3.05) is 7.05 Å². The van der Waals surface area contributed by atoms with E-state index in [1.54, 1.807) is 13.4 Å². The fourth-order valence-electron chi connectivity index (χ4n) is 0.385. The molecule has 0 aliphatic heterocycles. The molecule has 0 fully saturated rings. The highest BCUT2D eigenvalue weighted by molar-refractivity contribution is 5.54. The third kappa shape index (κ3) is 4.01. The first-order valence-electron chi connectivity index (χ1n) is 3.35. The summed E-state index contributed by atoms with van der Waals surface area (Å²) in [6.45, 7) is 6.51.